The zero-order valence-electron chi connectivity index (χ0n) is 8.60. The second kappa shape index (κ2) is 3.92. The summed E-state index contributed by atoms with van der Waals surface area (Å²) in [6, 6.07) is 2.37. The summed E-state index contributed by atoms with van der Waals surface area (Å²) in [6.07, 6.45) is 3.05. The summed E-state index contributed by atoms with van der Waals surface area (Å²) >= 11 is 0. The molecule has 1 aliphatic heterocycles. The summed E-state index contributed by atoms with van der Waals surface area (Å²) in [5, 5.41) is 0. The van der Waals surface area contributed by atoms with Crippen LogP contribution in [-0.2, 0) is 0 Å². The van der Waals surface area contributed by atoms with Crippen LogP contribution in [0.1, 0.15) is 12.1 Å². The third-order valence-electron chi connectivity index (χ3n) is 2.39. The van der Waals surface area contributed by atoms with Crippen molar-refractivity contribution in [2.24, 2.45) is 0 Å². The van der Waals surface area contributed by atoms with Crippen molar-refractivity contribution in [2.45, 2.75) is 19.4 Å². The van der Waals surface area contributed by atoms with E-state index in [-0.39, 0.29) is 6.10 Å². The van der Waals surface area contributed by atoms with Crippen molar-refractivity contribution in [1.29, 1.82) is 0 Å². The molecule has 1 atom stereocenters. The Morgan fingerprint density at radius 3 is 3.07 bits per heavy atom. The van der Waals surface area contributed by atoms with Gasteiger partial charge < -0.3 is 9.64 Å². The standard InChI is InChI=1S/C10H15N3O/c1-8-3-5-11-10(12-8)14-9-4-6-13(2)7-9/h3,5,9H,4,6-7H2,1-2H3. The maximum atomic E-state index is 5.66. The van der Waals surface area contributed by atoms with Gasteiger partial charge in [0.1, 0.15) is 6.10 Å². The van der Waals surface area contributed by atoms with Crippen LogP contribution in [0.25, 0.3) is 0 Å². The summed E-state index contributed by atoms with van der Waals surface area (Å²) in [5.74, 6) is 0. The van der Waals surface area contributed by atoms with Crippen molar-refractivity contribution in [3.63, 3.8) is 0 Å². The van der Waals surface area contributed by atoms with Crippen LogP contribution in [0, 0.1) is 6.92 Å². The Morgan fingerprint density at radius 2 is 2.43 bits per heavy atom. The number of hydrogen-bond acceptors (Lipinski definition) is 4. The predicted octanol–water partition coefficient (Wildman–Crippen LogP) is 0.868. The molecule has 4 nitrogen and oxygen atoms in total. The summed E-state index contributed by atoms with van der Waals surface area (Å²) in [7, 11) is 2.10. The first kappa shape index (κ1) is 9.40. The van der Waals surface area contributed by atoms with Crippen LogP contribution in [0.15, 0.2) is 12.3 Å². The van der Waals surface area contributed by atoms with Gasteiger partial charge >= 0.3 is 6.01 Å². The average Bonchev–Trinajstić information content (AvgIpc) is 2.51. The topological polar surface area (TPSA) is 38.2 Å². The molecule has 1 aromatic heterocycles. The molecule has 1 saturated heterocycles. The van der Waals surface area contributed by atoms with Gasteiger partial charge in [-0.3, -0.25) is 0 Å². The summed E-state index contributed by atoms with van der Waals surface area (Å²) in [5.41, 5.74) is 0.946. The van der Waals surface area contributed by atoms with E-state index in [0.717, 1.165) is 25.2 Å². The Bertz CT molecular complexity index is 316. The van der Waals surface area contributed by atoms with Crippen LogP contribution in [0.5, 0.6) is 6.01 Å². The van der Waals surface area contributed by atoms with Gasteiger partial charge in [0.05, 0.1) is 0 Å². The minimum atomic E-state index is 0.252. The van der Waals surface area contributed by atoms with E-state index in [1.807, 2.05) is 13.0 Å². The Hall–Kier alpha value is -1.16. The number of aromatic nitrogens is 2. The molecule has 0 radical (unpaired) electrons. The van der Waals surface area contributed by atoms with Crippen LogP contribution in [0.2, 0.25) is 0 Å². The fourth-order valence-electron chi connectivity index (χ4n) is 1.62. The van der Waals surface area contributed by atoms with E-state index in [1.165, 1.54) is 0 Å². The molecule has 0 amide bonds. The van der Waals surface area contributed by atoms with Crippen LogP contribution >= 0.6 is 0 Å². The molecule has 1 fully saturated rings. The van der Waals surface area contributed by atoms with Gasteiger partial charge in [0.25, 0.3) is 0 Å². The van der Waals surface area contributed by atoms with Gasteiger partial charge in [-0.2, -0.15) is 0 Å². The van der Waals surface area contributed by atoms with Crippen molar-refractivity contribution < 1.29 is 4.74 Å². The van der Waals surface area contributed by atoms with E-state index in [1.54, 1.807) is 6.20 Å². The maximum absolute atomic E-state index is 5.66. The van der Waals surface area contributed by atoms with E-state index < -0.39 is 0 Å². The molecule has 1 aromatic rings. The van der Waals surface area contributed by atoms with Crippen molar-refractivity contribution in [2.75, 3.05) is 20.1 Å². The van der Waals surface area contributed by atoms with Crippen molar-refractivity contribution in [3.05, 3.63) is 18.0 Å². The minimum absolute atomic E-state index is 0.252. The first-order chi connectivity index (χ1) is 6.74. The molecular weight excluding hydrogens is 178 g/mol. The zero-order chi connectivity index (χ0) is 9.97. The molecule has 2 rings (SSSR count). The molecule has 1 aliphatic rings. The molecule has 0 aromatic carbocycles. The smallest absolute Gasteiger partial charge is 0.316 e. The van der Waals surface area contributed by atoms with E-state index in [0.29, 0.717) is 6.01 Å². The number of likely N-dealkylation sites (N-methyl/N-ethyl adjacent to an activating group) is 1. The molecule has 0 aliphatic carbocycles. The third kappa shape index (κ3) is 2.20. The van der Waals surface area contributed by atoms with E-state index >= 15 is 0 Å². The summed E-state index contributed by atoms with van der Waals surface area (Å²) in [6.45, 7) is 4.00. The highest BCUT2D eigenvalue weighted by Crippen LogP contribution is 2.13. The Balaban J connectivity index is 1.97. The number of nitrogens with zero attached hydrogens (tertiary/aromatic N) is 3. The number of ether oxygens (including phenoxy) is 1. The second-order valence-electron chi connectivity index (χ2n) is 3.77. The van der Waals surface area contributed by atoms with Gasteiger partial charge in [-0.05, 0) is 26.5 Å². The fraction of sp³-hybridized carbons (Fsp3) is 0.600. The van der Waals surface area contributed by atoms with Gasteiger partial charge in [0, 0.05) is 25.0 Å². The highest BCUT2D eigenvalue weighted by molar-refractivity contribution is 5.03. The lowest BCUT2D eigenvalue weighted by molar-refractivity contribution is 0.191. The van der Waals surface area contributed by atoms with Crippen LogP contribution in [0.3, 0.4) is 0 Å². The molecule has 0 saturated carbocycles. The van der Waals surface area contributed by atoms with E-state index in [4.69, 9.17) is 4.74 Å². The first-order valence-electron chi connectivity index (χ1n) is 4.89. The normalized spacial score (nSPS) is 22.6. The molecule has 2 heterocycles. The minimum Gasteiger partial charge on any atom is -0.459 e. The van der Waals surface area contributed by atoms with Gasteiger partial charge in [-0.15, -0.1) is 0 Å². The molecule has 14 heavy (non-hydrogen) atoms. The molecule has 0 bridgehead atoms. The lowest BCUT2D eigenvalue weighted by Crippen LogP contribution is -2.22. The van der Waals surface area contributed by atoms with Gasteiger partial charge in [-0.25, -0.2) is 9.97 Å². The highest BCUT2D eigenvalue weighted by Gasteiger charge is 2.21. The summed E-state index contributed by atoms with van der Waals surface area (Å²) < 4.78 is 5.66. The zero-order valence-corrected chi connectivity index (χ0v) is 8.60. The van der Waals surface area contributed by atoms with Crippen LogP contribution < -0.4 is 4.74 Å². The van der Waals surface area contributed by atoms with Crippen LogP contribution in [-0.4, -0.2) is 41.1 Å². The van der Waals surface area contributed by atoms with Gasteiger partial charge in [0.2, 0.25) is 0 Å². The highest BCUT2D eigenvalue weighted by atomic mass is 16.5. The van der Waals surface area contributed by atoms with Gasteiger partial charge in [-0.1, -0.05) is 0 Å². The number of rotatable bonds is 2. The number of likely N-dealkylation sites (tertiary alicyclic amines) is 1. The molecule has 4 heteroatoms. The molecule has 0 N–H and O–H groups in total. The van der Waals surface area contributed by atoms with Crippen molar-refractivity contribution >= 4 is 0 Å². The SMILES string of the molecule is Cc1ccnc(OC2CCN(C)C2)n1. The Labute approximate surface area is 83.9 Å². The maximum Gasteiger partial charge on any atom is 0.316 e. The average molecular weight is 193 g/mol. The monoisotopic (exact) mass is 193 g/mol. The fourth-order valence-corrected chi connectivity index (χ4v) is 1.62. The summed E-state index contributed by atoms with van der Waals surface area (Å²) in [4.78, 5) is 10.5. The van der Waals surface area contributed by atoms with Crippen molar-refractivity contribution in [1.82, 2.24) is 14.9 Å². The number of hydrogen-bond donors (Lipinski definition) is 0. The molecule has 0 spiro atoms. The van der Waals surface area contributed by atoms with E-state index in [9.17, 15) is 0 Å². The van der Waals surface area contributed by atoms with Crippen molar-refractivity contribution in [3.8, 4) is 6.01 Å². The predicted molar refractivity (Wildman–Crippen MR) is 53.3 cm³/mol. The quantitative estimate of drug-likeness (QED) is 0.698. The second-order valence-corrected chi connectivity index (χ2v) is 3.77. The van der Waals surface area contributed by atoms with E-state index in [2.05, 4.69) is 21.9 Å². The molecule has 76 valence electrons. The molecular formula is C10H15N3O. The largest absolute Gasteiger partial charge is 0.459 e. The van der Waals surface area contributed by atoms with Gasteiger partial charge in [0.15, 0.2) is 0 Å². The Kier molecular flexibility index (Phi) is 2.63. The molecule has 1 unspecified atom stereocenters. The first-order valence-corrected chi connectivity index (χ1v) is 4.89. The Morgan fingerprint density at radius 1 is 1.57 bits per heavy atom. The van der Waals surface area contributed by atoms with Crippen LogP contribution in [0.4, 0.5) is 0 Å². The third-order valence-corrected chi connectivity index (χ3v) is 2.39. The lowest BCUT2D eigenvalue weighted by Gasteiger charge is -2.11. The lowest BCUT2D eigenvalue weighted by atomic mass is 10.3. The number of aryl methyl sites for hydroxylation is 1.